The van der Waals surface area contributed by atoms with Gasteiger partial charge < -0.3 is 9.80 Å². The molecular formula is C22H25FN4O3. The molecule has 0 bridgehead atoms. The first-order valence-electron chi connectivity index (χ1n) is 10.3. The SMILES string of the molecule is Cc1c(Cc2ccc(F)c(C(=O)N3CC(=O)N4CCCC[C@H]4C3)c2)n[nH]c(=O)c1C. The van der Waals surface area contributed by atoms with Crippen molar-refractivity contribution in [3.63, 3.8) is 0 Å². The number of piperazine rings is 1. The second kappa shape index (κ2) is 8.01. The smallest absolute Gasteiger partial charge is 0.267 e. The van der Waals surface area contributed by atoms with Gasteiger partial charge in [0.15, 0.2) is 0 Å². The molecule has 1 atom stereocenters. The van der Waals surface area contributed by atoms with Crippen LogP contribution in [0.3, 0.4) is 0 Å². The summed E-state index contributed by atoms with van der Waals surface area (Å²) >= 11 is 0. The zero-order valence-corrected chi connectivity index (χ0v) is 17.2. The molecule has 2 aliphatic heterocycles. The number of carbonyl (C=O) groups is 2. The fourth-order valence-corrected chi connectivity index (χ4v) is 4.30. The summed E-state index contributed by atoms with van der Waals surface area (Å²) in [6.45, 7) is 4.70. The van der Waals surface area contributed by atoms with Crippen LogP contribution in [0.1, 0.15) is 52.0 Å². The highest BCUT2D eigenvalue weighted by atomic mass is 19.1. The van der Waals surface area contributed by atoms with Crippen molar-refractivity contribution in [3.8, 4) is 0 Å². The van der Waals surface area contributed by atoms with Crippen molar-refractivity contribution in [2.45, 2.75) is 45.6 Å². The third-order valence-corrected chi connectivity index (χ3v) is 6.25. The number of aromatic nitrogens is 2. The minimum atomic E-state index is -0.607. The molecule has 0 radical (unpaired) electrons. The van der Waals surface area contributed by atoms with E-state index in [0.29, 0.717) is 29.8 Å². The highest BCUT2D eigenvalue weighted by Crippen LogP contribution is 2.24. The Morgan fingerprint density at radius 2 is 2.03 bits per heavy atom. The number of piperidine rings is 1. The summed E-state index contributed by atoms with van der Waals surface area (Å²) in [6, 6.07) is 4.43. The van der Waals surface area contributed by atoms with Crippen molar-refractivity contribution in [3.05, 3.63) is 62.3 Å². The molecule has 1 aromatic carbocycles. The van der Waals surface area contributed by atoms with E-state index in [-0.39, 0.29) is 29.6 Å². The minimum Gasteiger partial charge on any atom is -0.336 e. The molecule has 4 rings (SSSR count). The van der Waals surface area contributed by atoms with Gasteiger partial charge in [-0.2, -0.15) is 5.10 Å². The second-order valence-corrected chi connectivity index (χ2v) is 8.16. The summed E-state index contributed by atoms with van der Waals surface area (Å²) in [5.41, 5.74) is 2.46. The number of H-pyrrole nitrogens is 1. The normalized spacial score (nSPS) is 19.0. The molecule has 0 spiro atoms. The number of rotatable bonds is 3. The zero-order chi connectivity index (χ0) is 21.4. The van der Waals surface area contributed by atoms with E-state index in [1.54, 1.807) is 13.0 Å². The number of aromatic amines is 1. The van der Waals surface area contributed by atoms with Gasteiger partial charge in [-0.05, 0) is 56.4 Å². The Bertz CT molecular complexity index is 1060. The van der Waals surface area contributed by atoms with Crippen LogP contribution in [0.2, 0.25) is 0 Å². The molecule has 0 aliphatic carbocycles. The van der Waals surface area contributed by atoms with Gasteiger partial charge in [0.05, 0.1) is 11.3 Å². The van der Waals surface area contributed by atoms with E-state index in [9.17, 15) is 18.8 Å². The Balaban J connectivity index is 1.57. The number of benzene rings is 1. The molecule has 30 heavy (non-hydrogen) atoms. The van der Waals surface area contributed by atoms with E-state index in [2.05, 4.69) is 10.2 Å². The molecule has 2 amide bonds. The monoisotopic (exact) mass is 412 g/mol. The summed E-state index contributed by atoms with van der Waals surface area (Å²) in [5.74, 6) is -1.14. The molecule has 2 saturated heterocycles. The predicted octanol–water partition coefficient (Wildman–Crippen LogP) is 1.95. The van der Waals surface area contributed by atoms with E-state index < -0.39 is 11.7 Å². The molecule has 7 nitrogen and oxygen atoms in total. The van der Waals surface area contributed by atoms with Crippen LogP contribution in [0, 0.1) is 19.7 Å². The van der Waals surface area contributed by atoms with Gasteiger partial charge in [0.2, 0.25) is 5.91 Å². The van der Waals surface area contributed by atoms with Gasteiger partial charge in [-0.3, -0.25) is 14.4 Å². The number of nitrogens with one attached hydrogen (secondary N) is 1. The first kappa shape index (κ1) is 20.3. The van der Waals surface area contributed by atoms with Crippen molar-refractivity contribution in [2.24, 2.45) is 0 Å². The maximum absolute atomic E-state index is 14.5. The number of hydrogen-bond acceptors (Lipinski definition) is 4. The Hall–Kier alpha value is -3.03. The van der Waals surface area contributed by atoms with E-state index in [1.807, 2.05) is 11.8 Å². The molecule has 3 heterocycles. The summed E-state index contributed by atoms with van der Waals surface area (Å²) < 4.78 is 14.5. The number of amides is 2. The van der Waals surface area contributed by atoms with Gasteiger partial charge in [-0.15, -0.1) is 0 Å². The van der Waals surface area contributed by atoms with Crippen molar-refractivity contribution in [1.29, 1.82) is 0 Å². The second-order valence-electron chi connectivity index (χ2n) is 8.16. The molecule has 2 fully saturated rings. The van der Waals surface area contributed by atoms with Crippen molar-refractivity contribution >= 4 is 11.8 Å². The zero-order valence-electron chi connectivity index (χ0n) is 17.2. The number of fused-ring (bicyclic) bond motifs is 1. The Morgan fingerprint density at radius 1 is 1.23 bits per heavy atom. The number of nitrogens with zero attached hydrogens (tertiary/aromatic N) is 3. The van der Waals surface area contributed by atoms with Gasteiger partial charge in [-0.25, -0.2) is 9.49 Å². The summed E-state index contributed by atoms with van der Waals surface area (Å²) in [5, 5.41) is 6.56. The van der Waals surface area contributed by atoms with Gasteiger partial charge >= 0.3 is 0 Å². The van der Waals surface area contributed by atoms with Crippen molar-refractivity contribution < 1.29 is 14.0 Å². The topological polar surface area (TPSA) is 86.4 Å². The molecule has 2 aromatic rings. The number of carbonyl (C=O) groups excluding carboxylic acids is 2. The van der Waals surface area contributed by atoms with Crippen LogP contribution in [-0.2, 0) is 11.2 Å². The lowest BCUT2D eigenvalue weighted by atomic mass is 9.98. The van der Waals surface area contributed by atoms with Crippen LogP contribution >= 0.6 is 0 Å². The van der Waals surface area contributed by atoms with Crippen LogP contribution in [-0.4, -0.2) is 57.5 Å². The van der Waals surface area contributed by atoms with Gasteiger partial charge in [-0.1, -0.05) is 6.07 Å². The highest BCUT2D eigenvalue weighted by Gasteiger charge is 2.36. The van der Waals surface area contributed by atoms with Crippen LogP contribution in [0.15, 0.2) is 23.0 Å². The molecule has 1 aromatic heterocycles. The van der Waals surface area contributed by atoms with Crippen molar-refractivity contribution in [2.75, 3.05) is 19.6 Å². The van der Waals surface area contributed by atoms with E-state index in [1.165, 1.54) is 17.0 Å². The Labute approximate surface area is 173 Å². The lowest BCUT2D eigenvalue weighted by Crippen LogP contribution is -2.59. The highest BCUT2D eigenvalue weighted by molar-refractivity contribution is 5.97. The van der Waals surface area contributed by atoms with E-state index in [4.69, 9.17) is 0 Å². The first-order chi connectivity index (χ1) is 14.3. The third-order valence-electron chi connectivity index (χ3n) is 6.25. The van der Waals surface area contributed by atoms with Crippen LogP contribution < -0.4 is 5.56 Å². The summed E-state index contributed by atoms with van der Waals surface area (Å²) in [7, 11) is 0. The van der Waals surface area contributed by atoms with Crippen LogP contribution in [0.5, 0.6) is 0 Å². The molecule has 2 aliphatic rings. The Kier molecular flexibility index (Phi) is 5.40. The maximum Gasteiger partial charge on any atom is 0.267 e. The van der Waals surface area contributed by atoms with E-state index in [0.717, 1.165) is 31.4 Å². The van der Waals surface area contributed by atoms with Gasteiger partial charge in [0.1, 0.15) is 12.4 Å². The molecule has 1 N–H and O–H groups in total. The molecule has 0 unspecified atom stereocenters. The molecule has 8 heteroatoms. The number of halogens is 1. The average molecular weight is 412 g/mol. The predicted molar refractivity (Wildman–Crippen MR) is 109 cm³/mol. The maximum atomic E-state index is 14.5. The first-order valence-corrected chi connectivity index (χ1v) is 10.3. The van der Waals surface area contributed by atoms with Gasteiger partial charge in [0, 0.05) is 31.1 Å². The fraction of sp³-hybridized carbons (Fsp3) is 0.455. The molecular weight excluding hydrogens is 387 g/mol. The Morgan fingerprint density at radius 3 is 2.83 bits per heavy atom. The lowest BCUT2D eigenvalue weighted by Gasteiger charge is -2.43. The molecule has 158 valence electrons. The van der Waals surface area contributed by atoms with E-state index >= 15 is 0 Å². The van der Waals surface area contributed by atoms with Crippen molar-refractivity contribution in [1.82, 2.24) is 20.0 Å². The van der Waals surface area contributed by atoms with Gasteiger partial charge in [0.25, 0.3) is 11.5 Å². The summed E-state index contributed by atoms with van der Waals surface area (Å²) in [6.07, 6.45) is 3.25. The third kappa shape index (κ3) is 3.74. The standard InChI is InChI=1S/C22H25FN4O3/c1-13-14(2)21(29)25-24-19(13)10-15-6-7-18(23)17(9-15)22(30)26-11-16-5-3-4-8-27(16)20(28)12-26/h6-7,9,16H,3-5,8,10-12H2,1-2H3,(H,25,29)/t16-/m0/s1. The minimum absolute atomic E-state index is 0.0151. The van der Waals surface area contributed by atoms with Crippen LogP contribution in [0.25, 0.3) is 0 Å². The average Bonchev–Trinajstić information content (AvgIpc) is 2.75. The fourth-order valence-electron chi connectivity index (χ4n) is 4.30. The lowest BCUT2D eigenvalue weighted by molar-refractivity contribution is -0.140. The number of hydrogen-bond donors (Lipinski definition) is 1. The van der Waals surface area contributed by atoms with Crippen LogP contribution in [0.4, 0.5) is 4.39 Å². The quantitative estimate of drug-likeness (QED) is 0.835. The molecule has 0 saturated carbocycles. The largest absolute Gasteiger partial charge is 0.336 e. The summed E-state index contributed by atoms with van der Waals surface area (Å²) in [4.78, 5) is 40.5.